The molecular weight excluding hydrogens is 350 g/mol. The number of ether oxygens (including phenoxy) is 1. The monoisotopic (exact) mass is 379 g/mol. The molecule has 0 aliphatic rings. The first kappa shape index (κ1) is 19.9. The van der Waals surface area contributed by atoms with Gasteiger partial charge in [-0.05, 0) is 37.1 Å². The zero-order chi connectivity index (χ0) is 19.6. The molecule has 5 heteroatoms. The molecule has 1 amide bonds. The molecular formula is C23H29N3O2. The number of hydrogen-bond acceptors (Lipinski definition) is 3. The molecule has 1 aromatic heterocycles. The Morgan fingerprint density at radius 2 is 1.82 bits per heavy atom. The summed E-state index contributed by atoms with van der Waals surface area (Å²) >= 11 is 0. The number of carbonyl (C=O) groups excluding carboxylic acids is 1. The van der Waals surface area contributed by atoms with Gasteiger partial charge >= 0.3 is 0 Å². The summed E-state index contributed by atoms with van der Waals surface area (Å²) in [7, 11) is 0. The van der Waals surface area contributed by atoms with Gasteiger partial charge in [0.2, 0.25) is 5.91 Å². The Balaban J connectivity index is 1.55. The number of nitrogens with zero attached hydrogens (tertiary/aromatic N) is 2. The Morgan fingerprint density at radius 3 is 2.64 bits per heavy atom. The molecule has 0 bridgehead atoms. The van der Waals surface area contributed by atoms with Gasteiger partial charge in [0, 0.05) is 19.4 Å². The number of para-hydroxylation sites is 3. The van der Waals surface area contributed by atoms with E-state index in [2.05, 4.69) is 28.1 Å². The number of imidazole rings is 1. The van der Waals surface area contributed by atoms with Crippen molar-refractivity contribution < 1.29 is 9.53 Å². The summed E-state index contributed by atoms with van der Waals surface area (Å²) in [6.45, 7) is 4.02. The zero-order valence-corrected chi connectivity index (χ0v) is 16.6. The highest BCUT2D eigenvalue weighted by Gasteiger charge is 2.10. The molecule has 3 rings (SSSR count). The van der Waals surface area contributed by atoms with Crippen LogP contribution in [0.15, 0.2) is 54.6 Å². The first-order chi connectivity index (χ1) is 13.8. The van der Waals surface area contributed by atoms with Gasteiger partial charge in [0.05, 0.1) is 17.6 Å². The van der Waals surface area contributed by atoms with Gasteiger partial charge in [-0.25, -0.2) is 4.98 Å². The standard InChI is InChI=1S/C23H29N3O2/c1-2-23(27)24-16-10-4-7-15-22-25-20-13-8-9-14-21(20)26(22)17-18-28-19-11-5-3-6-12-19/h3,5-6,8-9,11-14H,2,4,7,10,15-18H2,1H3,(H,24,27). The maximum Gasteiger partial charge on any atom is 0.219 e. The maximum absolute atomic E-state index is 11.3. The summed E-state index contributed by atoms with van der Waals surface area (Å²) in [6.07, 6.45) is 4.62. The third kappa shape index (κ3) is 5.59. The van der Waals surface area contributed by atoms with Crippen molar-refractivity contribution in [2.45, 2.75) is 45.6 Å². The second-order valence-electron chi connectivity index (χ2n) is 6.84. The van der Waals surface area contributed by atoms with Crippen LogP contribution in [0.1, 0.15) is 38.4 Å². The molecule has 1 N–H and O–H groups in total. The van der Waals surface area contributed by atoms with Crippen LogP contribution in [-0.2, 0) is 17.8 Å². The van der Waals surface area contributed by atoms with Crippen LogP contribution in [-0.4, -0.2) is 28.6 Å². The highest BCUT2D eigenvalue weighted by molar-refractivity contribution is 5.76. The van der Waals surface area contributed by atoms with E-state index in [1.165, 1.54) is 0 Å². The van der Waals surface area contributed by atoms with Gasteiger partial charge in [0.1, 0.15) is 18.2 Å². The summed E-state index contributed by atoms with van der Waals surface area (Å²) in [6, 6.07) is 18.2. The van der Waals surface area contributed by atoms with Gasteiger partial charge in [-0.3, -0.25) is 4.79 Å². The molecule has 0 saturated carbocycles. The maximum atomic E-state index is 11.3. The Labute approximate surface area is 166 Å². The number of unbranched alkanes of at least 4 members (excludes halogenated alkanes) is 2. The molecule has 28 heavy (non-hydrogen) atoms. The Morgan fingerprint density at radius 1 is 1.04 bits per heavy atom. The first-order valence-corrected chi connectivity index (χ1v) is 10.2. The lowest BCUT2D eigenvalue weighted by molar-refractivity contribution is -0.120. The van der Waals surface area contributed by atoms with Crippen LogP contribution in [0.4, 0.5) is 0 Å². The fraction of sp³-hybridized carbons (Fsp3) is 0.391. The highest BCUT2D eigenvalue weighted by Crippen LogP contribution is 2.18. The molecule has 2 aromatic carbocycles. The minimum atomic E-state index is 0.125. The van der Waals surface area contributed by atoms with Crippen LogP contribution in [0, 0.1) is 0 Å². The second kappa shape index (κ2) is 10.5. The van der Waals surface area contributed by atoms with Crippen molar-refractivity contribution in [1.29, 1.82) is 0 Å². The van der Waals surface area contributed by atoms with Crippen LogP contribution >= 0.6 is 0 Å². The predicted octanol–water partition coefficient (Wildman–Crippen LogP) is 4.35. The van der Waals surface area contributed by atoms with Gasteiger partial charge in [-0.2, -0.15) is 0 Å². The molecule has 0 saturated heterocycles. The first-order valence-electron chi connectivity index (χ1n) is 10.2. The minimum absolute atomic E-state index is 0.125. The van der Waals surface area contributed by atoms with Gasteiger partial charge in [0.15, 0.2) is 0 Å². The molecule has 0 radical (unpaired) electrons. The number of rotatable bonds is 11. The van der Waals surface area contributed by atoms with E-state index in [1.807, 2.05) is 43.3 Å². The summed E-state index contributed by atoms with van der Waals surface area (Å²) in [5.41, 5.74) is 2.19. The molecule has 0 aliphatic heterocycles. The van der Waals surface area contributed by atoms with E-state index in [0.29, 0.717) is 13.0 Å². The molecule has 0 unspecified atom stereocenters. The third-order valence-corrected chi connectivity index (χ3v) is 4.78. The van der Waals surface area contributed by atoms with Crippen molar-refractivity contribution in [3.05, 3.63) is 60.4 Å². The molecule has 0 aliphatic carbocycles. The van der Waals surface area contributed by atoms with E-state index in [1.54, 1.807) is 0 Å². The topological polar surface area (TPSA) is 56.2 Å². The lowest BCUT2D eigenvalue weighted by Crippen LogP contribution is -2.23. The van der Waals surface area contributed by atoms with E-state index < -0.39 is 0 Å². The lowest BCUT2D eigenvalue weighted by atomic mass is 10.2. The van der Waals surface area contributed by atoms with Crippen LogP contribution in [0.25, 0.3) is 11.0 Å². The molecule has 0 spiro atoms. The number of hydrogen-bond donors (Lipinski definition) is 1. The van der Waals surface area contributed by atoms with Crippen LogP contribution in [0.3, 0.4) is 0 Å². The van der Waals surface area contributed by atoms with E-state index >= 15 is 0 Å². The van der Waals surface area contributed by atoms with Gasteiger partial charge in [-0.15, -0.1) is 0 Å². The number of nitrogens with one attached hydrogen (secondary N) is 1. The van der Waals surface area contributed by atoms with E-state index in [9.17, 15) is 4.79 Å². The van der Waals surface area contributed by atoms with Crippen molar-refractivity contribution in [3.63, 3.8) is 0 Å². The summed E-state index contributed by atoms with van der Waals surface area (Å²) < 4.78 is 8.16. The third-order valence-electron chi connectivity index (χ3n) is 4.78. The number of amides is 1. The Hall–Kier alpha value is -2.82. The fourth-order valence-corrected chi connectivity index (χ4v) is 3.27. The number of aryl methyl sites for hydroxylation is 1. The van der Waals surface area contributed by atoms with Gasteiger partial charge in [0.25, 0.3) is 0 Å². The average molecular weight is 380 g/mol. The molecule has 5 nitrogen and oxygen atoms in total. The minimum Gasteiger partial charge on any atom is -0.492 e. The molecule has 3 aromatic rings. The van der Waals surface area contributed by atoms with E-state index in [0.717, 1.165) is 61.4 Å². The molecule has 0 fully saturated rings. The highest BCUT2D eigenvalue weighted by atomic mass is 16.5. The van der Waals surface area contributed by atoms with Crippen LogP contribution in [0.5, 0.6) is 5.75 Å². The second-order valence-corrected chi connectivity index (χ2v) is 6.84. The van der Waals surface area contributed by atoms with Crippen molar-refractivity contribution >= 4 is 16.9 Å². The van der Waals surface area contributed by atoms with Crippen molar-refractivity contribution in [3.8, 4) is 5.75 Å². The summed E-state index contributed by atoms with van der Waals surface area (Å²) in [5, 5.41) is 2.93. The summed E-state index contributed by atoms with van der Waals surface area (Å²) in [5.74, 6) is 2.12. The zero-order valence-electron chi connectivity index (χ0n) is 16.6. The normalized spacial score (nSPS) is 10.9. The number of carbonyl (C=O) groups is 1. The number of aromatic nitrogens is 2. The largest absolute Gasteiger partial charge is 0.492 e. The molecule has 148 valence electrons. The number of fused-ring (bicyclic) bond motifs is 1. The van der Waals surface area contributed by atoms with E-state index in [-0.39, 0.29) is 5.91 Å². The van der Waals surface area contributed by atoms with Crippen molar-refractivity contribution in [2.75, 3.05) is 13.2 Å². The molecule has 0 atom stereocenters. The average Bonchev–Trinajstić information content (AvgIpc) is 3.08. The van der Waals surface area contributed by atoms with Crippen LogP contribution < -0.4 is 10.1 Å². The lowest BCUT2D eigenvalue weighted by Gasteiger charge is -2.11. The fourth-order valence-electron chi connectivity index (χ4n) is 3.27. The van der Waals surface area contributed by atoms with Crippen molar-refractivity contribution in [1.82, 2.24) is 14.9 Å². The Kier molecular flexibility index (Phi) is 7.47. The smallest absolute Gasteiger partial charge is 0.219 e. The predicted molar refractivity (Wildman–Crippen MR) is 113 cm³/mol. The quantitative estimate of drug-likeness (QED) is 0.504. The summed E-state index contributed by atoms with van der Waals surface area (Å²) in [4.78, 5) is 16.1. The SMILES string of the molecule is CCC(=O)NCCCCCc1nc2ccccc2n1CCOc1ccccc1. The van der Waals surface area contributed by atoms with Gasteiger partial charge in [-0.1, -0.05) is 43.7 Å². The van der Waals surface area contributed by atoms with Crippen molar-refractivity contribution in [2.24, 2.45) is 0 Å². The molecule has 1 heterocycles. The van der Waals surface area contributed by atoms with E-state index in [4.69, 9.17) is 9.72 Å². The van der Waals surface area contributed by atoms with Crippen LogP contribution in [0.2, 0.25) is 0 Å². The Bertz CT molecular complexity index is 874. The number of benzene rings is 2. The van der Waals surface area contributed by atoms with Gasteiger partial charge < -0.3 is 14.6 Å².